The van der Waals surface area contributed by atoms with Crippen molar-refractivity contribution in [3.63, 3.8) is 0 Å². The van der Waals surface area contributed by atoms with Crippen molar-refractivity contribution in [1.29, 1.82) is 0 Å². The fraction of sp³-hybridized carbons (Fsp3) is 0.238. The molecule has 0 fully saturated rings. The standard InChI is InChI=1S/C21H22N2O2/c1-3-12-23(21(25)16-10-8-15(2)9-11-16)14-17-13-20(24)22-19-7-5-4-6-18(17)19/h4-11,13H,3,12,14H2,1-2H3,(H,22,24). The van der Waals surface area contributed by atoms with Crippen LogP contribution in [0.15, 0.2) is 59.4 Å². The fourth-order valence-electron chi connectivity index (χ4n) is 3.01. The first kappa shape index (κ1) is 17.0. The van der Waals surface area contributed by atoms with Crippen LogP contribution in [0.3, 0.4) is 0 Å². The van der Waals surface area contributed by atoms with Crippen LogP contribution in [0.2, 0.25) is 0 Å². The second-order valence-corrected chi connectivity index (χ2v) is 6.30. The molecule has 2 aromatic carbocycles. The van der Waals surface area contributed by atoms with E-state index in [9.17, 15) is 9.59 Å². The summed E-state index contributed by atoms with van der Waals surface area (Å²) in [5, 5.41) is 0.972. The summed E-state index contributed by atoms with van der Waals surface area (Å²) < 4.78 is 0. The number of hydrogen-bond donors (Lipinski definition) is 1. The predicted octanol–water partition coefficient (Wildman–Crippen LogP) is 3.89. The second-order valence-electron chi connectivity index (χ2n) is 6.30. The topological polar surface area (TPSA) is 53.2 Å². The monoisotopic (exact) mass is 334 g/mol. The first-order valence-electron chi connectivity index (χ1n) is 8.55. The van der Waals surface area contributed by atoms with E-state index < -0.39 is 0 Å². The molecule has 0 radical (unpaired) electrons. The summed E-state index contributed by atoms with van der Waals surface area (Å²) in [6, 6.07) is 16.9. The van der Waals surface area contributed by atoms with Gasteiger partial charge in [0.25, 0.3) is 5.91 Å². The molecule has 0 spiro atoms. The number of nitrogens with zero attached hydrogens (tertiary/aromatic N) is 1. The van der Waals surface area contributed by atoms with E-state index in [1.54, 1.807) is 6.07 Å². The van der Waals surface area contributed by atoms with Gasteiger partial charge in [-0.05, 0) is 37.1 Å². The zero-order valence-corrected chi connectivity index (χ0v) is 14.6. The SMILES string of the molecule is CCCN(Cc1cc(=O)[nH]c2ccccc12)C(=O)c1ccc(C)cc1. The Morgan fingerprint density at radius 2 is 1.80 bits per heavy atom. The van der Waals surface area contributed by atoms with Crippen LogP contribution in [0.25, 0.3) is 10.9 Å². The van der Waals surface area contributed by atoms with Gasteiger partial charge in [-0.3, -0.25) is 9.59 Å². The molecule has 0 saturated carbocycles. The van der Waals surface area contributed by atoms with Crippen molar-refractivity contribution < 1.29 is 4.79 Å². The molecule has 0 aliphatic carbocycles. The van der Waals surface area contributed by atoms with Crippen molar-refractivity contribution >= 4 is 16.8 Å². The van der Waals surface area contributed by atoms with Crippen molar-refractivity contribution in [3.8, 4) is 0 Å². The normalized spacial score (nSPS) is 10.8. The average Bonchev–Trinajstić information content (AvgIpc) is 2.61. The number of nitrogens with one attached hydrogen (secondary N) is 1. The van der Waals surface area contributed by atoms with Crippen LogP contribution in [0, 0.1) is 6.92 Å². The lowest BCUT2D eigenvalue weighted by atomic mass is 10.1. The zero-order chi connectivity index (χ0) is 17.8. The molecule has 1 heterocycles. The molecule has 4 nitrogen and oxygen atoms in total. The summed E-state index contributed by atoms with van der Waals surface area (Å²) in [4.78, 5) is 29.5. The van der Waals surface area contributed by atoms with E-state index in [-0.39, 0.29) is 11.5 Å². The Kier molecular flexibility index (Phi) is 4.98. The minimum atomic E-state index is -0.145. The largest absolute Gasteiger partial charge is 0.334 e. The van der Waals surface area contributed by atoms with Gasteiger partial charge in [0.15, 0.2) is 0 Å². The molecule has 0 atom stereocenters. The lowest BCUT2D eigenvalue weighted by Gasteiger charge is -2.23. The molecule has 1 N–H and O–H groups in total. The van der Waals surface area contributed by atoms with Gasteiger partial charge in [0.2, 0.25) is 5.56 Å². The maximum Gasteiger partial charge on any atom is 0.254 e. The second kappa shape index (κ2) is 7.34. The van der Waals surface area contributed by atoms with Crippen LogP contribution in [0.1, 0.15) is 34.8 Å². The Morgan fingerprint density at radius 1 is 1.08 bits per heavy atom. The number of amides is 1. The number of hydrogen-bond acceptors (Lipinski definition) is 2. The van der Waals surface area contributed by atoms with Gasteiger partial charge in [-0.2, -0.15) is 0 Å². The van der Waals surface area contributed by atoms with Gasteiger partial charge in [-0.1, -0.05) is 42.8 Å². The first-order chi connectivity index (χ1) is 12.1. The van der Waals surface area contributed by atoms with E-state index in [0.29, 0.717) is 18.7 Å². The van der Waals surface area contributed by atoms with Crippen molar-refractivity contribution in [3.05, 3.63) is 81.6 Å². The third-order valence-corrected chi connectivity index (χ3v) is 4.28. The number of aryl methyl sites for hydroxylation is 1. The lowest BCUT2D eigenvalue weighted by molar-refractivity contribution is 0.0744. The Morgan fingerprint density at radius 3 is 2.52 bits per heavy atom. The number of fused-ring (bicyclic) bond motifs is 1. The molecular formula is C21H22N2O2. The van der Waals surface area contributed by atoms with Crippen LogP contribution >= 0.6 is 0 Å². The Balaban J connectivity index is 1.96. The molecule has 0 saturated heterocycles. The summed E-state index contributed by atoms with van der Waals surface area (Å²) in [6.45, 7) is 5.12. The van der Waals surface area contributed by atoms with Crippen LogP contribution in [0.4, 0.5) is 0 Å². The third-order valence-electron chi connectivity index (χ3n) is 4.28. The lowest BCUT2D eigenvalue weighted by Crippen LogP contribution is -2.31. The molecule has 0 unspecified atom stereocenters. The van der Waals surface area contributed by atoms with Gasteiger partial charge in [-0.25, -0.2) is 0 Å². The molecule has 128 valence electrons. The molecule has 25 heavy (non-hydrogen) atoms. The third kappa shape index (κ3) is 3.79. The zero-order valence-electron chi connectivity index (χ0n) is 14.6. The minimum Gasteiger partial charge on any atom is -0.334 e. The number of pyridine rings is 1. The summed E-state index contributed by atoms with van der Waals surface area (Å²) >= 11 is 0. The van der Waals surface area contributed by atoms with E-state index in [2.05, 4.69) is 4.98 Å². The molecular weight excluding hydrogens is 312 g/mol. The van der Waals surface area contributed by atoms with Crippen LogP contribution < -0.4 is 5.56 Å². The molecule has 0 bridgehead atoms. The van der Waals surface area contributed by atoms with Gasteiger partial charge < -0.3 is 9.88 Å². The highest BCUT2D eigenvalue weighted by Crippen LogP contribution is 2.18. The Hall–Kier alpha value is -2.88. The van der Waals surface area contributed by atoms with Crippen molar-refractivity contribution in [2.24, 2.45) is 0 Å². The Bertz CT molecular complexity index is 942. The highest BCUT2D eigenvalue weighted by molar-refractivity contribution is 5.94. The van der Waals surface area contributed by atoms with Crippen LogP contribution in [0.5, 0.6) is 0 Å². The summed E-state index contributed by atoms with van der Waals surface area (Å²) in [7, 11) is 0. The highest BCUT2D eigenvalue weighted by Gasteiger charge is 2.17. The first-order valence-corrected chi connectivity index (χ1v) is 8.55. The number of aromatic nitrogens is 1. The van der Waals surface area contributed by atoms with Crippen molar-refractivity contribution in [2.75, 3.05) is 6.54 Å². The fourth-order valence-corrected chi connectivity index (χ4v) is 3.01. The van der Waals surface area contributed by atoms with Gasteiger partial charge in [0.1, 0.15) is 0 Å². The summed E-state index contributed by atoms with van der Waals surface area (Å²) in [6.07, 6.45) is 0.860. The number of benzene rings is 2. The van der Waals surface area contributed by atoms with Gasteiger partial charge in [0, 0.05) is 35.6 Å². The summed E-state index contributed by atoms with van der Waals surface area (Å²) in [5.41, 5.74) is 3.32. The summed E-state index contributed by atoms with van der Waals surface area (Å²) in [5.74, 6) is -0.00814. The van der Waals surface area contributed by atoms with Crippen molar-refractivity contribution in [1.82, 2.24) is 9.88 Å². The molecule has 4 heteroatoms. The number of rotatable bonds is 5. The van der Waals surface area contributed by atoms with E-state index in [4.69, 9.17) is 0 Å². The maximum absolute atomic E-state index is 12.9. The molecule has 3 aromatic rings. The van der Waals surface area contributed by atoms with Crippen molar-refractivity contribution in [2.45, 2.75) is 26.8 Å². The minimum absolute atomic E-state index is 0.00814. The molecule has 1 aromatic heterocycles. The van der Waals surface area contributed by atoms with E-state index >= 15 is 0 Å². The molecule has 1 amide bonds. The van der Waals surface area contributed by atoms with Gasteiger partial charge in [0.05, 0.1) is 0 Å². The predicted molar refractivity (Wildman–Crippen MR) is 101 cm³/mol. The van der Waals surface area contributed by atoms with E-state index in [0.717, 1.165) is 28.5 Å². The van der Waals surface area contributed by atoms with Crippen LogP contribution in [-0.2, 0) is 6.54 Å². The number of para-hydroxylation sites is 1. The van der Waals surface area contributed by atoms with Gasteiger partial charge >= 0.3 is 0 Å². The van der Waals surface area contributed by atoms with Crippen LogP contribution in [-0.4, -0.2) is 22.3 Å². The van der Waals surface area contributed by atoms with E-state index in [1.165, 1.54) is 0 Å². The average molecular weight is 334 g/mol. The maximum atomic E-state index is 12.9. The smallest absolute Gasteiger partial charge is 0.254 e. The highest BCUT2D eigenvalue weighted by atomic mass is 16.2. The van der Waals surface area contributed by atoms with Gasteiger partial charge in [-0.15, -0.1) is 0 Å². The number of carbonyl (C=O) groups excluding carboxylic acids is 1. The van der Waals surface area contributed by atoms with E-state index in [1.807, 2.05) is 67.3 Å². The molecule has 3 rings (SSSR count). The number of H-pyrrole nitrogens is 1. The number of aromatic amines is 1. The Labute approximate surface area is 147 Å². The molecule has 0 aliphatic rings. The number of carbonyl (C=O) groups is 1. The quantitative estimate of drug-likeness (QED) is 0.769. The molecule has 0 aliphatic heterocycles.